The fourth-order valence-corrected chi connectivity index (χ4v) is 5.46. The van der Waals surface area contributed by atoms with E-state index in [1.807, 2.05) is 32.2 Å². The van der Waals surface area contributed by atoms with Crippen LogP contribution in [0.1, 0.15) is 59.1 Å². The first-order valence-corrected chi connectivity index (χ1v) is 13.0. The van der Waals surface area contributed by atoms with Gasteiger partial charge in [0.05, 0.1) is 11.9 Å². The summed E-state index contributed by atoms with van der Waals surface area (Å²) in [6.07, 6.45) is 0.820. The van der Waals surface area contributed by atoms with E-state index >= 15 is 0 Å². The number of hydrogen-bond acceptors (Lipinski definition) is 5. The zero-order valence-corrected chi connectivity index (χ0v) is 22.2. The summed E-state index contributed by atoms with van der Waals surface area (Å²) in [7, 11) is 1.85. The van der Waals surface area contributed by atoms with Crippen LogP contribution in [0.25, 0.3) is 11.0 Å². The number of rotatable bonds is 7. The van der Waals surface area contributed by atoms with Crippen molar-refractivity contribution in [2.75, 3.05) is 6.54 Å². The van der Waals surface area contributed by atoms with Gasteiger partial charge >= 0.3 is 5.97 Å². The van der Waals surface area contributed by atoms with E-state index < -0.39 is 5.97 Å². The number of aryl methyl sites for hydroxylation is 3. The van der Waals surface area contributed by atoms with Gasteiger partial charge in [0.1, 0.15) is 23.2 Å². The Morgan fingerprint density at radius 3 is 2.76 bits per heavy atom. The predicted molar refractivity (Wildman–Crippen MR) is 144 cm³/mol. The van der Waals surface area contributed by atoms with E-state index in [9.17, 15) is 14.3 Å². The molecule has 1 aliphatic heterocycles. The second-order valence-electron chi connectivity index (χ2n) is 10.3. The zero-order chi connectivity index (χ0) is 27.0. The fourth-order valence-electron chi connectivity index (χ4n) is 5.46. The molecule has 8 heteroatoms. The number of nitrogens with zero attached hydrogens (tertiary/aromatic N) is 4. The van der Waals surface area contributed by atoms with Crippen molar-refractivity contribution in [1.29, 1.82) is 0 Å². The summed E-state index contributed by atoms with van der Waals surface area (Å²) in [5.74, 6) is -0.719. The molecule has 0 radical (unpaired) electrons. The minimum Gasteiger partial charge on any atom is -0.489 e. The number of benzene rings is 3. The summed E-state index contributed by atoms with van der Waals surface area (Å²) in [4.78, 5) is 14.3. The first-order valence-electron chi connectivity index (χ1n) is 13.0. The van der Waals surface area contributed by atoms with E-state index in [0.29, 0.717) is 13.1 Å². The second-order valence-corrected chi connectivity index (χ2v) is 10.3. The summed E-state index contributed by atoms with van der Waals surface area (Å²) in [5, 5.41) is 18.3. The highest BCUT2D eigenvalue weighted by molar-refractivity contribution is 5.80. The largest absolute Gasteiger partial charge is 0.489 e. The molecule has 0 fully saturated rings. The van der Waals surface area contributed by atoms with Crippen molar-refractivity contribution in [3.05, 3.63) is 87.7 Å². The lowest BCUT2D eigenvalue weighted by Gasteiger charge is -2.25. The quantitative estimate of drug-likeness (QED) is 0.349. The first kappa shape index (κ1) is 25.9. The number of carbonyl (C=O) groups is 1. The molecular weight excluding hydrogens is 483 g/mol. The van der Waals surface area contributed by atoms with Crippen LogP contribution in [-0.4, -0.2) is 43.6 Å². The molecule has 0 spiro atoms. The Balaban J connectivity index is 1.50. The highest BCUT2D eigenvalue weighted by Gasteiger charge is 2.25. The van der Waals surface area contributed by atoms with Gasteiger partial charge in [0.25, 0.3) is 0 Å². The standard InChI is InChI=1S/C30H33FN4O3/c1-5-24-17-35(16-22-13-23(31)8-11-28(22)38-24)15-21-12-20(7-6-18(21)2)26(14-29(36)37)25-9-10-27-30(19(25)3)32-33-34(27)4/h6-13,24,26H,5,14-17H2,1-4H3,(H,36,37)/t24-,26?/m1/s1. The maximum Gasteiger partial charge on any atom is 0.304 e. The van der Waals surface area contributed by atoms with Gasteiger partial charge in [-0.2, -0.15) is 0 Å². The van der Waals surface area contributed by atoms with Crippen molar-refractivity contribution in [3.63, 3.8) is 0 Å². The van der Waals surface area contributed by atoms with Gasteiger partial charge in [-0.1, -0.05) is 36.4 Å². The lowest BCUT2D eigenvalue weighted by atomic mass is 9.84. The Bertz CT molecular complexity index is 1500. The van der Waals surface area contributed by atoms with Crippen LogP contribution in [0.5, 0.6) is 5.75 Å². The van der Waals surface area contributed by atoms with Crippen LogP contribution in [0, 0.1) is 19.7 Å². The van der Waals surface area contributed by atoms with Gasteiger partial charge in [-0.3, -0.25) is 9.69 Å². The Hall–Kier alpha value is -3.78. The summed E-state index contributed by atoms with van der Waals surface area (Å²) in [5.41, 5.74) is 7.61. The first-order chi connectivity index (χ1) is 18.2. The van der Waals surface area contributed by atoms with Crippen LogP contribution in [0.4, 0.5) is 4.39 Å². The molecule has 1 aromatic heterocycles. The Morgan fingerprint density at radius 1 is 1.18 bits per heavy atom. The van der Waals surface area contributed by atoms with Crippen LogP contribution >= 0.6 is 0 Å². The number of carboxylic acids is 1. The molecule has 3 aromatic carbocycles. The molecule has 5 rings (SSSR count). The summed E-state index contributed by atoms with van der Waals surface area (Å²) in [6, 6.07) is 14.9. The van der Waals surface area contributed by atoms with E-state index in [1.165, 1.54) is 6.07 Å². The number of ether oxygens (including phenoxy) is 1. The molecule has 2 heterocycles. The minimum absolute atomic E-state index is 0.00585. The van der Waals surface area contributed by atoms with Crippen molar-refractivity contribution in [3.8, 4) is 5.75 Å². The zero-order valence-electron chi connectivity index (χ0n) is 22.2. The van der Waals surface area contributed by atoms with Gasteiger partial charge in [-0.25, -0.2) is 9.07 Å². The van der Waals surface area contributed by atoms with Crippen molar-refractivity contribution in [1.82, 2.24) is 19.9 Å². The van der Waals surface area contributed by atoms with Gasteiger partial charge in [-0.15, -0.1) is 5.10 Å². The molecule has 1 N–H and O–H groups in total. The molecule has 0 saturated heterocycles. The van der Waals surface area contributed by atoms with E-state index in [-0.39, 0.29) is 24.3 Å². The molecule has 0 amide bonds. The monoisotopic (exact) mass is 516 g/mol. The molecule has 38 heavy (non-hydrogen) atoms. The number of fused-ring (bicyclic) bond motifs is 2. The van der Waals surface area contributed by atoms with E-state index in [4.69, 9.17) is 4.74 Å². The normalized spacial score (nSPS) is 16.6. The second kappa shape index (κ2) is 10.5. The van der Waals surface area contributed by atoms with Crippen LogP contribution in [0.15, 0.2) is 48.5 Å². The lowest BCUT2D eigenvalue weighted by molar-refractivity contribution is -0.137. The lowest BCUT2D eigenvalue weighted by Crippen LogP contribution is -2.32. The third-order valence-corrected chi connectivity index (χ3v) is 7.63. The van der Waals surface area contributed by atoms with Crippen molar-refractivity contribution < 1.29 is 19.0 Å². The highest BCUT2D eigenvalue weighted by atomic mass is 19.1. The van der Waals surface area contributed by atoms with Crippen LogP contribution in [-0.2, 0) is 24.9 Å². The molecule has 2 atom stereocenters. The molecule has 0 saturated carbocycles. The van der Waals surface area contributed by atoms with Crippen molar-refractivity contribution in [2.24, 2.45) is 7.05 Å². The van der Waals surface area contributed by atoms with Crippen molar-refractivity contribution in [2.45, 2.75) is 58.7 Å². The van der Waals surface area contributed by atoms with Gasteiger partial charge in [0.2, 0.25) is 0 Å². The van der Waals surface area contributed by atoms with E-state index in [1.54, 1.807) is 16.8 Å². The molecule has 0 bridgehead atoms. The molecule has 1 unspecified atom stereocenters. The molecule has 4 aromatic rings. The summed E-state index contributed by atoms with van der Waals surface area (Å²) in [6.45, 7) is 8.09. The maximum atomic E-state index is 14.0. The number of carboxylic acid groups (broad SMARTS) is 1. The van der Waals surface area contributed by atoms with Gasteiger partial charge < -0.3 is 9.84 Å². The number of aromatic nitrogens is 3. The minimum atomic E-state index is -0.857. The maximum absolute atomic E-state index is 14.0. The highest BCUT2D eigenvalue weighted by Crippen LogP contribution is 2.35. The number of hydrogen-bond donors (Lipinski definition) is 1. The van der Waals surface area contributed by atoms with Gasteiger partial charge in [0, 0.05) is 38.2 Å². The molecule has 7 nitrogen and oxygen atoms in total. The SMILES string of the molecule is CC[C@@H]1CN(Cc2cc(C(CC(=O)O)c3ccc4c(nnn4C)c3C)ccc2C)Cc2cc(F)ccc2O1. The van der Waals surface area contributed by atoms with E-state index in [2.05, 4.69) is 41.2 Å². The van der Waals surface area contributed by atoms with Gasteiger partial charge in [0.15, 0.2) is 0 Å². The number of aliphatic carboxylic acids is 1. The average molecular weight is 517 g/mol. The third-order valence-electron chi connectivity index (χ3n) is 7.63. The number of halogens is 1. The van der Waals surface area contributed by atoms with Crippen molar-refractivity contribution >= 4 is 17.0 Å². The fraction of sp³-hybridized carbons (Fsp3) is 0.367. The summed E-state index contributed by atoms with van der Waals surface area (Å²) < 4.78 is 21.9. The van der Waals surface area contributed by atoms with E-state index in [0.717, 1.165) is 63.1 Å². The molecular formula is C30H33FN4O3. The molecule has 1 aliphatic rings. The van der Waals surface area contributed by atoms with Crippen LogP contribution < -0.4 is 4.74 Å². The molecule has 198 valence electrons. The van der Waals surface area contributed by atoms with Gasteiger partial charge in [-0.05, 0) is 72.4 Å². The molecule has 0 aliphatic carbocycles. The topological polar surface area (TPSA) is 80.5 Å². The summed E-state index contributed by atoms with van der Waals surface area (Å²) >= 11 is 0. The Kier molecular flexibility index (Phi) is 7.17. The predicted octanol–water partition coefficient (Wildman–Crippen LogP) is 5.50. The smallest absolute Gasteiger partial charge is 0.304 e. The Morgan fingerprint density at radius 2 is 2.00 bits per heavy atom. The Labute approximate surface area is 221 Å². The average Bonchev–Trinajstić information content (AvgIpc) is 3.17. The third kappa shape index (κ3) is 5.13. The van der Waals surface area contributed by atoms with Crippen LogP contribution in [0.2, 0.25) is 0 Å². The van der Waals surface area contributed by atoms with Crippen LogP contribution in [0.3, 0.4) is 0 Å².